The Hall–Kier alpha value is -2.49. The van der Waals surface area contributed by atoms with Crippen LogP contribution >= 0.6 is 0 Å². The molecule has 26 heavy (non-hydrogen) atoms. The van der Waals surface area contributed by atoms with Gasteiger partial charge >= 0.3 is 0 Å². The number of aromatic nitrogens is 3. The third-order valence-electron chi connectivity index (χ3n) is 5.35. The lowest BCUT2D eigenvalue weighted by molar-refractivity contribution is 0.500. The van der Waals surface area contributed by atoms with Gasteiger partial charge in [0.1, 0.15) is 17.5 Å². The smallest absolute Gasteiger partial charge is 0.140 e. The summed E-state index contributed by atoms with van der Waals surface area (Å²) in [4.78, 5) is 0. The van der Waals surface area contributed by atoms with Crippen LogP contribution in [0.2, 0.25) is 0 Å². The molecular weight excluding hydrogens is 325 g/mol. The molecule has 3 aromatic rings. The van der Waals surface area contributed by atoms with E-state index in [9.17, 15) is 4.39 Å². The van der Waals surface area contributed by atoms with Crippen molar-refractivity contribution in [1.29, 1.82) is 0 Å². The fourth-order valence-electron chi connectivity index (χ4n) is 3.81. The average Bonchev–Trinajstić information content (AvgIpc) is 3.03. The number of nitrogens with zero attached hydrogens (tertiary/aromatic N) is 3. The molecule has 1 aliphatic rings. The second-order valence-electron chi connectivity index (χ2n) is 7.12. The van der Waals surface area contributed by atoms with Gasteiger partial charge in [-0.2, -0.15) is 0 Å². The van der Waals surface area contributed by atoms with Crippen LogP contribution in [0.25, 0.3) is 11.1 Å². The highest BCUT2D eigenvalue weighted by Gasteiger charge is 2.21. The van der Waals surface area contributed by atoms with E-state index in [1.54, 1.807) is 6.07 Å². The van der Waals surface area contributed by atoms with E-state index in [4.69, 9.17) is 0 Å². The molecule has 3 nitrogen and oxygen atoms in total. The first-order valence-corrected chi connectivity index (χ1v) is 9.51. The molecule has 0 saturated heterocycles. The number of rotatable bonds is 3. The third-order valence-corrected chi connectivity index (χ3v) is 5.35. The summed E-state index contributed by atoms with van der Waals surface area (Å²) in [6.45, 7) is 3.06. The number of fused-ring (bicyclic) bond motifs is 1. The van der Waals surface area contributed by atoms with Gasteiger partial charge in [0.25, 0.3) is 0 Å². The molecule has 0 N–H and O–H groups in total. The van der Waals surface area contributed by atoms with Crippen LogP contribution in [0.4, 0.5) is 4.39 Å². The molecule has 0 spiro atoms. The Morgan fingerprint density at radius 3 is 2.58 bits per heavy atom. The minimum Gasteiger partial charge on any atom is -0.314 e. The second kappa shape index (κ2) is 7.40. The van der Waals surface area contributed by atoms with Crippen molar-refractivity contribution in [1.82, 2.24) is 14.8 Å². The van der Waals surface area contributed by atoms with E-state index in [1.807, 2.05) is 42.5 Å². The van der Waals surface area contributed by atoms with Gasteiger partial charge in [0.15, 0.2) is 0 Å². The van der Waals surface area contributed by atoms with Crippen molar-refractivity contribution >= 4 is 0 Å². The number of aryl methyl sites for hydroxylation is 1. The highest BCUT2D eigenvalue weighted by Crippen LogP contribution is 2.29. The van der Waals surface area contributed by atoms with Crippen LogP contribution in [-0.4, -0.2) is 14.8 Å². The Bertz CT molecular complexity index is 886. The molecule has 2 heterocycles. The van der Waals surface area contributed by atoms with Crippen molar-refractivity contribution in [3.63, 3.8) is 0 Å². The summed E-state index contributed by atoms with van der Waals surface area (Å²) >= 11 is 0. The lowest BCUT2D eigenvalue weighted by atomic mass is 9.96. The summed E-state index contributed by atoms with van der Waals surface area (Å²) in [6.07, 6.45) is 5.84. The molecule has 1 atom stereocenters. The van der Waals surface area contributed by atoms with Crippen molar-refractivity contribution in [2.75, 3.05) is 0 Å². The van der Waals surface area contributed by atoms with Gasteiger partial charge in [-0.15, -0.1) is 10.2 Å². The van der Waals surface area contributed by atoms with Crippen LogP contribution in [0, 0.1) is 5.82 Å². The predicted octanol–water partition coefficient (Wildman–Crippen LogP) is 5.35. The van der Waals surface area contributed by atoms with Crippen molar-refractivity contribution in [3.8, 4) is 11.1 Å². The maximum Gasteiger partial charge on any atom is 0.140 e. The summed E-state index contributed by atoms with van der Waals surface area (Å²) < 4.78 is 17.0. The van der Waals surface area contributed by atoms with Crippen LogP contribution in [-0.2, 0) is 13.0 Å². The number of halogens is 1. The lowest BCUT2D eigenvalue weighted by Crippen LogP contribution is -2.13. The molecule has 4 heteroatoms. The zero-order valence-electron chi connectivity index (χ0n) is 15.2. The van der Waals surface area contributed by atoms with Gasteiger partial charge < -0.3 is 4.57 Å². The standard InChI is InChI=1S/C22H24FN3/c1-16(22-25-24-21-11-7-2-3-8-14-26(21)22)18-12-13-19(20(23)15-18)17-9-5-4-6-10-17/h4-6,9-10,12-13,15-16H,2-3,7-8,11,14H2,1H3/t16-/m0/s1. The van der Waals surface area contributed by atoms with E-state index >= 15 is 0 Å². The summed E-state index contributed by atoms with van der Waals surface area (Å²) in [5.41, 5.74) is 2.48. The Balaban J connectivity index is 1.65. The maximum atomic E-state index is 14.8. The summed E-state index contributed by atoms with van der Waals surface area (Å²) in [5, 5.41) is 8.87. The van der Waals surface area contributed by atoms with Gasteiger partial charge in [0, 0.05) is 24.4 Å². The van der Waals surface area contributed by atoms with Gasteiger partial charge in [-0.1, -0.05) is 62.2 Å². The van der Waals surface area contributed by atoms with E-state index in [2.05, 4.69) is 21.7 Å². The highest BCUT2D eigenvalue weighted by molar-refractivity contribution is 5.64. The number of benzene rings is 2. The van der Waals surface area contributed by atoms with E-state index in [0.717, 1.165) is 42.2 Å². The second-order valence-corrected chi connectivity index (χ2v) is 7.12. The summed E-state index contributed by atoms with van der Waals surface area (Å²) in [6, 6.07) is 15.2. The van der Waals surface area contributed by atoms with Crippen molar-refractivity contribution in [3.05, 3.63) is 71.6 Å². The normalized spacial score (nSPS) is 15.8. The Morgan fingerprint density at radius 1 is 0.962 bits per heavy atom. The molecule has 0 bridgehead atoms. The number of hydrogen-bond donors (Lipinski definition) is 0. The first-order valence-electron chi connectivity index (χ1n) is 9.51. The maximum absolute atomic E-state index is 14.8. The van der Waals surface area contributed by atoms with Crippen molar-refractivity contribution in [2.24, 2.45) is 0 Å². The monoisotopic (exact) mass is 349 g/mol. The molecule has 0 saturated carbocycles. The largest absolute Gasteiger partial charge is 0.314 e. The van der Waals surface area contributed by atoms with Gasteiger partial charge in [-0.25, -0.2) is 4.39 Å². The molecule has 0 amide bonds. The number of hydrogen-bond acceptors (Lipinski definition) is 2. The minimum atomic E-state index is -0.187. The molecule has 1 aromatic heterocycles. The first-order chi connectivity index (χ1) is 12.7. The zero-order chi connectivity index (χ0) is 17.9. The fourth-order valence-corrected chi connectivity index (χ4v) is 3.81. The van der Waals surface area contributed by atoms with Crippen LogP contribution in [0.5, 0.6) is 0 Å². The topological polar surface area (TPSA) is 30.7 Å². The minimum absolute atomic E-state index is 0.0231. The molecule has 4 rings (SSSR count). The van der Waals surface area contributed by atoms with Gasteiger partial charge in [-0.05, 0) is 30.0 Å². The van der Waals surface area contributed by atoms with Crippen molar-refractivity contribution < 1.29 is 4.39 Å². The SMILES string of the molecule is C[C@@H](c1ccc(-c2ccccc2)c(F)c1)c1nnc2n1CCCCCC2. The molecule has 0 fully saturated rings. The van der Waals surface area contributed by atoms with Crippen LogP contribution in [0.1, 0.15) is 55.7 Å². The summed E-state index contributed by atoms with van der Waals surface area (Å²) in [7, 11) is 0. The summed E-state index contributed by atoms with van der Waals surface area (Å²) in [5.74, 6) is 1.87. The predicted molar refractivity (Wildman–Crippen MR) is 102 cm³/mol. The quantitative estimate of drug-likeness (QED) is 0.638. The van der Waals surface area contributed by atoms with Gasteiger partial charge in [0.2, 0.25) is 0 Å². The van der Waals surface area contributed by atoms with E-state index in [0.29, 0.717) is 5.56 Å². The van der Waals surface area contributed by atoms with E-state index in [-0.39, 0.29) is 11.7 Å². The molecule has 2 aromatic carbocycles. The Labute approximate surface area is 153 Å². The van der Waals surface area contributed by atoms with Crippen LogP contribution in [0.15, 0.2) is 48.5 Å². The van der Waals surface area contributed by atoms with Crippen LogP contribution < -0.4 is 0 Å². The third kappa shape index (κ3) is 3.28. The van der Waals surface area contributed by atoms with Crippen molar-refractivity contribution in [2.45, 2.75) is 51.5 Å². The molecule has 0 radical (unpaired) electrons. The molecule has 0 unspecified atom stereocenters. The van der Waals surface area contributed by atoms with Gasteiger partial charge in [-0.3, -0.25) is 0 Å². The van der Waals surface area contributed by atoms with Crippen LogP contribution in [0.3, 0.4) is 0 Å². The lowest BCUT2D eigenvalue weighted by Gasteiger charge is -2.17. The Kier molecular flexibility index (Phi) is 4.83. The highest BCUT2D eigenvalue weighted by atomic mass is 19.1. The van der Waals surface area contributed by atoms with E-state index in [1.165, 1.54) is 19.3 Å². The van der Waals surface area contributed by atoms with Gasteiger partial charge in [0.05, 0.1) is 0 Å². The molecule has 134 valence electrons. The Morgan fingerprint density at radius 2 is 1.77 bits per heavy atom. The molecular formula is C22H24FN3. The fraction of sp³-hybridized carbons (Fsp3) is 0.364. The molecule has 1 aliphatic heterocycles. The molecule has 0 aliphatic carbocycles. The first kappa shape index (κ1) is 17.0. The zero-order valence-corrected chi connectivity index (χ0v) is 15.2. The average molecular weight is 349 g/mol. The van der Waals surface area contributed by atoms with E-state index < -0.39 is 0 Å².